The van der Waals surface area contributed by atoms with Crippen LogP contribution in [0.3, 0.4) is 0 Å². The van der Waals surface area contributed by atoms with Crippen molar-refractivity contribution in [3.05, 3.63) is 0 Å². The zero-order valence-corrected chi connectivity index (χ0v) is 12.1. The fourth-order valence-electron chi connectivity index (χ4n) is 4.78. The largest absolute Gasteiger partial charge is 0.327 e. The smallest absolute Gasteiger partial charge is 0.0105 e. The zero-order valence-electron chi connectivity index (χ0n) is 12.1. The van der Waals surface area contributed by atoms with Gasteiger partial charge >= 0.3 is 0 Å². The molecule has 3 rings (SSSR count). The summed E-state index contributed by atoms with van der Waals surface area (Å²) in [4.78, 5) is 2.72. The topological polar surface area (TPSA) is 29.3 Å². The molecule has 104 valence electrons. The van der Waals surface area contributed by atoms with Gasteiger partial charge in [0, 0.05) is 12.6 Å². The molecule has 2 unspecified atom stereocenters. The van der Waals surface area contributed by atoms with E-state index in [4.69, 9.17) is 5.73 Å². The van der Waals surface area contributed by atoms with E-state index in [0.717, 1.165) is 5.41 Å². The molecule has 1 saturated heterocycles. The number of hydrogen-bond donors (Lipinski definition) is 1. The molecule has 0 aromatic heterocycles. The summed E-state index contributed by atoms with van der Waals surface area (Å²) in [6, 6.07) is 0.444. The van der Waals surface area contributed by atoms with Crippen LogP contribution in [0.2, 0.25) is 0 Å². The van der Waals surface area contributed by atoms with E-state index in [2.05, 4.69) is 11.8 Å². The Morgan fingerprint density at radius 1 is 1.00 bits per heavy atom. The summed E-state index contributed by atoms with van der Waals surface area (Å²) in [5.74, 6) is 0. The molecule has 2 saturated carbocycles. The summed E-state index contributed by atoms with van der Waals surface area (Å²) in [5, 5.41) is 0. The van der Waals surface area contributed by atoms with Crippen LogP contribution in [0.25, 0.3) is 0 Å². The molecule has 1 spiro atoms. The Morgan fingerprint density at radius 2 is 1.67 bits per heavy atom. The van der Waals surface area contributed by atoms with Gasteiger partial charge in [-0.1, -0.05) is 26.2 Å². The highest BCUT2D eigenvalue weighted by Crippen LogP contribution is 2.47. The molecule has 0 radical (unpaired) electrons. The average molecular weight is 250 g/mol. The second-order valence-corrected chi connectivity index (χ2v) is 7.64. The van der Waals surface area contributed by atoms with Gasteiger partial charge in [-0.3, -0.25) is 0 Å². The summed E-state index contributed by atoms with van der Waals surface area (Å²) in [6.07, 6.45) is 12.8. The molecule has 2 aliphatic carbocycles. The van der Waals surface area contributed by atoms with Gasteiger partial charge in [0.2, 0.25) is 0 Å². The molecular weight excluding hydrogens is 220 g/mol. The fraction of sp³-hybridized carbons (Fsp3) is 1.00. The molecule has 1 aliphatic heterocycles. The van der Waals surface area contributed by atoms with Crippen molar-refractivity contribution in [1.82, 2.24) is 4.90 Å². The summed E-state index contributed by atoms with van der Waals surface area (Å²) >= 11 is 0. The van der Waals surface area contributed by atoms with Crippen LogP contribution in [-0.2, 0) is 0 Å². The van der Waals surface area contributed by atoms with Crippen LogP contribution >= 0.6 is 0 Å². The fourth-order valence-corrected chi connectivity index (χ4v) is 4.78. The van der Waals surface area contributed by atoms with Gasteiger partial charge in [0.15, 0.2) is 0 Å². The van der Waals surface area contributed by atoms with E-state index in [-0.39, 0.29) is 0 Å². The highest BCUT2D eigenvalue weighted by Gasteiger charge is 2.41. The van der Waals surface area contributed by atoms with E-state index in [1.165, 1.54) is 77.4 Å². The van der Waals surface area contributed by atoms with Crippen molar-refractivity contribution < 1.29 is 0 Å². The van der Waals surface area contributed by atoms with E-state index in [1.54, 1.807) is 0 Å². The first-order valence-electron chi connectivity index (χ1n) is 8.10. The maximum atomic E-state index is 6.32. The molecular formula is C16H30N2. The minimum absolute atomic E-state index is 0.403. The van der Waals surface area contributed by atoms with Crippen molar-refractivity contribution in [2.24, 2.45) is 16.6 Å². The molecule has 2 atom stereocenters. The number of nitrogens with zero attached hydrogens (tertiary/aromatic N) is 1. The average Bonchev–Trinajstić information content (AvgIpc) is 2.93. The zero-order chi connectivity index (χ0) is 12.6. The van der Waals surface area contributed by atoms with Crippen molar-refractivity contribution in [1.29, 1.82) is 0 Å². The van der Waals surface area contributed by atoms with Gasteiger partial charge in [-0.15, -0.1) is 0 Å². The van der Waals surface area contributed by atoms with Crippen molar-refractivity contribution in [3.8, 4) is 0 Å². The number of hydrogen-bond acceptors (Lipinski definition) is 2. The van der Waals surface area contributed by atoms with Crippen LogP contribution in [0.4, 0.5) is 0 Å². The number of likely N-dealkylation sites (tertiary alicyclic amines) is 1. The molecule has 2 N–H and O–H groups in total. The van der Waals surface area contributed by atoms with Crippen LogP contribution < -0.4 is 5.73 Å². The minimum Gasteiger partial charge on any atom is -0.327 e. The number of nitrogens with two attached hydrogens (primary N) is 1. The first-order valence-corrected chi connectivity index (χ1v) is 8.10. The summed E-state index contributed by atoms with van der Waals surface area (Å²) < 4.78 is 0. The van der Waals surface area contributed by atoms with E-state index < -0.39 is 0 Å². The van der Waals surface area contributed by atoms with E-state index in [9.17, 15) is 0 Å². The van der Waals surface area contributed by atoms with Crippen LogP contribution in [0, 0.1) is 10.8 Å². The predicted molar refractivity (Wildman–Crippen MR) is 76.5 cm³/mol. The third kappa shape index (κ3) is 2.34. The second-order valence-electron chi connectivity index (χ2n) is 7.64. The summed E-state index contributed by atoms with van der Waals surface area (Å²) in [7, 11) is 0. The van der Waals surface area contributed by atoms with Crippen molar-refractivity contribution >= 4 is 0 Å². The number of rotatable bonds is 2. The highest BCUT2D eigenvalue weighted by molar-refractivity contribution is 4.96. The monoisotopic (exact) mass is 250 g/mol. The van der Waals surface area contributed by atoms with E-state index in [0.29, 0.717) is 11.5 Å². The summed E-state index contributed by atoms with van der Waals surface area (Å²) in [6.45, 7) is 6.35. The first kappa shape index (κ1) is 12.9. The summed E-state index contributed by atoms with van der Waals surface area (Å²) in [5.41, 5.74) is 7.48. The second kappa shape index (κ2) is 4.79. The quantitative estimate of drug-likeness (QED) is 0.815. The molecule has 0 bridgehead atoms. The van der Waals surface area contributed by atoms with Gasteiger partial charge in [0.1, 0.15) is 0 Å². The molecule has 2 nitrogen and oxygen atoms in total. The molecule has 0 amide bonds. The lowest BCUT2D eigenvalue weighted by Gasteiger charge is -2.43. The van der Waals surface area contributed by atoms with E-state index >= 15 is 0 Å². The Bertz CT molecular complexity index is 285. The van der Waals surface area contributed by atoms with Crippen LogP contribution in [0.5, 0.6) is 0 Å². The van der Waals surface area contributed by atoms with Crippen molar-refractivity contribution in [2.45, 2.75) is 70.8 Å². The molecule has 0 aromatic rings. The van der Waals surface area contributed by atoms with Gasteiger partial charge in [0.05, 0.1) is 0 Å². The van der Waals surface area contributed by atoms with Crippen LogP contribution in [0.1, 0.15) is 64.7 Å². The van der Waals surface area contributed by atoms with Gasteiger partial charge in [-0.05, 0) is 62.4 Å². The Labute approximate surface area is 112 Å². The standard InChI is InChI=1S/C16H30N2/c1-15(6-4-5-14(15)17)13-18-11-9-16(10-12-18)7-2-3-8-16/h14H,2-13,17H2,1H3. The van der Waals surface area contributed by atoms with Crippen LogP contribution in [-0.4, -0.2) is 30.6 Å². The molecule has 18 heavy (non-hydrogen) atoms. The Hall–Kier alpha value is -0.0800. The molecule has 0 aromatic carbocycles. The molecule has 3 aliphatic rings. The lowest BCUT2D eigenvalue weighted by atomic mass is 9.76. The maximum Gasteiger partial charge on any atom is 0.0105 e. The highest BCUT2D eigenvalue weighted by atomic mass is 15.1. The Morgan fingerprint density at radius 3 is 2.22 bits per heavy atom. The SMILES string of the molecule is CC1(CN2CCC3(CCCC3)CC2)CCCC1N. The predicted octanol–water partition coefficient (Wildman–Crippen LogP) is 3.16. The van der Waals surface area contributed by atoms with Gasteiger partial charge in [-0.25, -0.2) is 0 Å². The van der Waals surface area contributed by atoms with E-state index in [1.807, 2.05) is 0 Å². The Balaban J connectivity index is 1.54. The maximum absolute atomic E-state index is 6.32. The molecule has 1 heterocycles. The molecule has 2 heteroatoms. The lowest BCUT2D eigenvalue weighted by Crippen LogP contribution is -2.48. The third-order valence-corrected chi connectivity index (χ3v) is 6.32. The van der Waals surface area contributed by atoms with Gasteiger partial charge in [0.25, 0.3) is 0 Å². The normalized spacial score (nSPS) is 40.7. The first-order chi connectivity index (χ1) is 8.62. The van der Waals surface area contributed by atoms with Crippen LogP contribution in [0.15, 0.2) is 0 Å². The Kier molecular flexibility index (Phi) is 3.44. The minimum atomic E-state index is 0.403. The van der Waals surface area contributed by atoms with Gasteiger partial charge in [-0.2, -0.15) is 0 Å². The van der Waals surface area contributed by atoms with Crippen molar-refractivity contribution in [2.75, 3.05) is 19.6 Å². The van der Waals surface area contributed by atoms with Gasteiger partial charge < -0.3 is 10.6 Å². The van der Waals surface area contributed by atoms with Crippen molar-refractivity contribution in [3.63, 3.8) is 0 Å². The molecule has 3 fully saturated rings. The third-order valence-electron chi connectivity index (χ3n) is 6.32. The lowest BCUT2D eigenvalue weighted by molar-refractivity contribution is 0.0701. The number of piperidine rings is 1.